The maximum atomic E-state index is 11.1. The summed E-state index contributed by atoms with van der Waals surface area (Å²) in [6, 6.07) is 0. The second kappa shape index (κ2) is 11.3. The third-order valence-electron chi connectivity index (χ3n) is 2.65. The van der Waals surface area contributed by atoms with Gasteiger partial charge in [0.25, 0.3) is 11.8 Å². The Morgan fingerprint density at radius 1 is 0.696 bits per heavy atom. The van der Waals surface area contributed by atoms with Crippen molar-refractivity contribution in [3.8, 4) is 0 Å². The zero-order valence-electron chi connectivity index (χ0n) is 12.3. The van der Waals surface area contributed by atoms with Crippen LogP contribution in [0.5, 0.6) is 0 Å². The molecule has 12 nitrogen and oxygen atoms in total. The van der Waals surface area contributed by atoms with Crippen LogP contribution in [0.1, 0.15) is 6.42 Å². The molecule has 12 heteroatoms. The topological polar surface area (TPSA) is 180 Å². The van der Waals surface area contributed by atoms with Crippen LogP contribution < -0.4 is 11.0 Å². The third kappa shape index (κ3) is 11.0. The number of carbonyl (C=O) groups excluding carboxylic acids is 2. The van der Waals surface area contributed by atoms with Gasteiger partial charge in [-0.25, -0.2) is 11.0 Å². The Kier molecular flexibility index (Phi) is 10.2. The number of hydroxylamine groups is 2. The summed E-state index contributed by atoms with van der Waals surface area (Å²) in [7, 11) is 0. The maximum Gasteiger partial charge on any atom is 0.317 e. The average Bonchev–Trinajstić information content (AvgIpc) is 2.45. The van der Waals surface area contributed by atoms with Crippen molar-refractivity contribution in [1.29, 1.82) is 0 Å². The van der Waals surface area contributed by atoms with Crippen LogP contribution in [0, 0.1) is 0 Å². The molecule has 0 saturated heterocycles. The van der Waals surface area contributed by atoms with E-state index < -0.39 is 36.8 Å². The molecule has 0 atom stereocenters. The Balaban J connectivity index is 4.47. The molecule has 0 rings (SSSR count). The molecule has 23 heavy (non-hydrogen) atoms. The second-order valence-electron chi connectivity index (χ2n) is 4.63. The number of amides is 2. The van der Waals surface area contributed by atoms with Crippen LogP contribution >= 0.6 is 0 Å². The van der Waals surface area contributed by atoms with Gasteiger partial charge in [0.15, 0.2) is 0 Å². The van der Waals surface area contributed by atoms with Crippen LogP contribution in [0.15, 0.2) is 0 Å². The first-order chi connectivity index (χ1) is 10.8. The summed E-state index contributed by atoms with van der Waals surface area (Å²) < 4.78 is 0. The number of aliphatic carboxylic acids is 2. The van der Waals surface area contributed by atoms with Crippen molar-refractivity contribution in [2.24, 2.45) is 0 Å². The van der Waals surface area contributed by atoms with Gasteiger partial charge < -0.3 is 10.2 Å². The van der Waals surface area contributed by atoms with E-state index in [1.165, 1.54) is 20.8 Å². The van der Waals surface area contributed by atoms with E-state index in [9.17, 15) is 19.2 Å². The normalized spacial score (nSPS) is 10.6. The van der Waals surface area contributed by atoms with Crippen molar-refractivity contribution in [2.45, 2.75) is 6.42 Å². The predicted molar refractivity (Wildman–Crippen MR) is 72.6 cm³/mol. The molecule has 0 aliphatic rings. The van der Waals surface area contributed by atoms with Gasteiger partial charge >= 0.3 is 11.9 Å². The summed E-state index contributed by atoms with van der Waals surface area (Å²) in [5, 5.41) is 34.4. The minimum atomic E-state index is -1.17. The van der Waals surface area contributed by atoms with Crippen LogP contribution in [-0.2, 0) is 19.2 Å². The molecule has 0 spiro atoms. The molecule has 0 fully saturated rings. The van der Waals surface area contributed by atoms with Crippen molar-refractivity contribution in [3.05, 3.63) is 0 Å². The lowest BCUT2D eigenvalue weighted by molar-refractivity contribution is -0.140. The fourth-order valence-electron chi connectivity index (χ4n) is 1.81. The largest absolute Gasteiger partial charge is 0.480 e. The summed E-state index contributed by atoms with van der Waals surface area (Å²) >= 11 is 0. The highest BCUT2D eigenvalue weighted by atomic mass is 16.5. The highest BCUT2D eigenvalue weighted by Crippen LogP contribution is 1.97. The van der Waals surface area contributed by atoms with Crippen molar-refractivity contribution in [3.63, 3.8) is 0 Å². The van der Waals surface area contributed by atoms with Gasteiger partial charge in [0.05, 0.1) is 26.2 Å². The molecule has 0 heterocycles. The summed E-state index contributed by atoms with van der Waals surface area (Å²) in [5.74, 6) is -3.91. The quantitative estimate of drug-likeness (QED) is 0.160. The number of nitrogens with zero attached hydrogens (tertiary/aromatic N) is 2. The summed E-state index contributed by atoms with van der Waals surface area (Å²) in [4.78, 5) is 46.0. The number of rotatable bonds is 12. The first-order valence-corrected chi connectivity index (χ1v) is 6.52. The third-order valence-corrected chi connectivity index (χ3v) is 2.65. The minimum Gasteiger partial charge on any atom is -0.480 e. The van der Waals surface area contributed by atoms with Gasteiger partial charge in [-0.2, -0.15) is 0 Å². The van der Waals surface area contributed by atoms with E-state index in [1.54, 1.807) is 0 Å². The molecule has 0 aromatic heterocycles. The van der Waals surface area contributed by atoms with E-state index >= 15 is 0 Å². The number of hydrogen-bond acceptors (Lipinski definition) is 8. The van der Waals surface area contributed by atoms with Crippen LogP contribution in [-0.4, -0.2) is 93.4 Å². The second-order valence-corrected chi connectivity index (χ2v) is 4.63. The first kappa shape index (κ1) is 20.7. The first-order valence-electron chi connectivity index (χ1n) is 6.52. The zero-order valence-corrected chi connectivity index (χ0v) is 12.3. The molecular formula is C11H20N4O8. The van der Waals surface area contributed by atoms with Gasteiger partial charge in [0.1, 0.15) is 0 Å². The predicted octanol–water partition coefficient (Wildman–Crippen LogP) is -2.84. The molecule has 132 valence electrons. The molecule has 0 saturated carbocycles. The van der Waals surface area contributed by atoms with Crippen molar-refractivity contribution >= 4 is 23.8 Å². The average molecular weight is 336 g/mol. The molecule has 6 N–H and O–H groups in total. The monoisotopic (exact) mass is 336 g/mol. The van der Waals surface area contributed by atoms with E-state index in [-0.39, 0.29) is 32.6 Å². The van der Waals surface area contributed by atoms with Crippen LogP contribution in [0.25, 0.3) is 0 Å². The number of carbonyl (C=O) groups is 4. The summed E-state index contributed by atoms with van der Waals surface area (Å²) in [5.41, 5.74) is 2.77. The lowest BCUT2D eigenvalue weighted by atomic mass is 10.3. The highest BCUT2D eigenvalue weighted by Gasteiger charge is 2.16. The van der Waals surface area contributed by atoms with Crippen LogP contribution in [0.4, 0.5) is 0 Å². The number of carboxylic acid groups (broad SMARTS) is 2. The van der Waals surface area contributed by atoms with E-state index in [2.05, 4.69) is 0 Å². The fourth-order valence-corrected chi connectivity index (χ4v) is 1.81. The van der Waals surface area contributed by atoms with Crippen molar-refractivity contribution in [1.82, 2.24) is 20.8 Å². The molecule has 0 aromatic carbocycles. The van der Waals surface area contributed by atoms with Gasteiger partial charge in [-0.3, -0.25) is 39.4 Å². The SMILES string of the molecule is O=C(O)CN(CCCN(CC(=O)O)CC(=O)NO)CC(=O)NO. The van der Waals surface area contributed by atoms with Gasteiger partial charge in [0, 0.05) is 13.1 Å². The van der Waals surface area contributed by atoms with Gasteiger partial charge in [-0.05, 0) is 6.42 Å². The van der Waals surface area contributed by atoms with Crippen LogP contribution in [0.3, 0.4) is 0 Å². The standard InChI is InChI=1S/C11H20N4O8/c16-8(12-22)4-14(6-10(18)19)2-1-3-15(7-11(20)21)5-9(17)13-23/h22-23H,1-7H2,(H,12,16)(H,13,17)(H,18,19)(H,20,21). The summed E-state index contributed by atoms with van der Waals surface area (Å²) in [6.45, 7) is -1.34. The van der Waals surface area contributed by atoms with Gasteiger partial charge in [-0.1, -0.05) is 0 Å². The Morgan fingerprint density at radius 3 is 1.30 bits per heavy atom. The molecule has 0 aliphatic carbocycles. The molecule has 0 radical (unpaired) electrons. The van der Waals surface area contributed by atoms with E-state index in [0.29, 0.717) is 0 Å². The molecule has 0 bridgehead atoms. The number of carboxylic acids is 2. The maximum absolute atomic E-state index is 11.1. The minimum absolute atomic E-state index is 0.122. The Bertz CT molecular complexity index is 392. The van der Waals surface area contributed by atoms with Crippen molar-refractivity contribution < 1.29 is 39.8 Å². The Morgan fingerprint density at radius 2 is 1.04 bits per heavy atom. The molecule has 0 aromatic rings. The Hall–Kier alpha value is -2.28. The van der Waals surface area contributed by atoms with E-state index in [1.807, 2.05) is 0 Å². The lowest BCUT2D eigenvalue weighted by Gasteiger charge is -2.22. The highest BCUT2D eigenvalue weighted by molar-refractivity contribution is 5.78. The molecule has 2 amide bonds. The van der Waals surface area contributed by atoms with Crippen molar-refractivity contribution in [2.75, 3.05) is 39.3 Å². The molecular weight excluding hydrogens is 316 g/mol. The van der Waals surface area contributed by atoms with E-state index in [4.69, 9.17) is 20.6 Å². The molecule has 0 unspecified atom stereocenters. The van der Waals surface area contributed by atoms with Gasteiger partial charge in [0.2, 0.25) is 0 Å². The number of hydrogen-bond donors (Lipinski definition) is 6. The fraction of sp³-hybridized carbons (Fsp3) is 0.636. The molecule has 0 aliphatic heterocycles. The number of nitrogens with one attached hydrogen (secondary N) is 2. The lowest BCUT2D eigenvalue weighted by Crippen LogP contribution is -2.42. The van der Waals surface area contributed by atoms with E-state index in [0.717, 1.165) is 0 Å². The van der Waals surface area contributed by atoms with Crippen LogP contribution in [0.2, 0.25) is 0 Å². The zero-order chi connectivity index (χ0) is 17.8. The smallest absolute Gasteiger partial charge is 0.317 e. The van der Waals surface area contributed by atoms with Gasteiger partial charge in [-0.15, -0.1) is 0 Å². The Labute approximate surface area is 131 Å². The summed E-state index contributed by atoms with van der Waals surface area (Å²) in [6.07, 6.45) is 0.262.